The Hall–Kier alpha value is -1.50. The fourth-order valence-electron chi connectivity index (χ4n) is 1.59. The first kappa shape index (κ1) is 14.6. The Morgan fingerprint density at radius 2 is 2.17 bits per heavy atom. The average Bonchev–Trinajstić information content (AvgIpc) is 2.77. The molecule has 100 valence electrons. The van der Waals surface area contributed by atoms with Crippen LogP contribution in [0.4, 0.5) is 0 Å². The van der Waals surface area contributed by atoms with E-state index in [4.69, 9.17) is 10.00 Å². The van der Waals surface area contributed by atoms with Crippen LogP contribution in [0.2, 0.25) is 0 Å². The van der Waals surface area contributed by atoms with E-state index in [-0.39, 0.29) is 5.41 Å². The molecule has 0 aliphatic heterocycles. The van der Waals surface area contributed by atoms with Crippen molar-refractivity contribution in [3.05, 3.63) is 12.4 Å². The maximum Gasteiger partial charge on any atom is 0.157 e. The van der Waals surface area contributed by atoms with Crippen LogP contribution in [-0.2, 0) is 0 Å². The Balaban J connectivity index is 2.20. The molecule has 0 unspecified atom stereocenters. The summed E-state index contributed by atoms with van der Waals surface area (Å²) in [5.41, 5.74) is -0.220. The highest BCUT2D eigenvalue weighted by atomic mass is 16.5. The lowest BCUT2D eigenvalue weighted by atomic mass is 9.89. The lowest BCUT2D eigenvalue weighted by molar-refractivity contribution is 0.294. The maximum absolute atomic E-state index is 8.89. The summed E-state index contributed by atoms with van der Waals surface area (Å²) in [6.45, 7) is 8.80. The van der Waals surface area contributed by atoms with E-state index in [1.807, 2.05) is 24.7 Å². The Morgan fingerprint density at radius 3 is 2.72 bits per heavy atom. The van der Waals surface area contributed by atoms with Crippen molar-refractivity contribution in [2.24, 2.45) is 5.41 Å². The topological polar surface area (TPSA) is 50.8 Å². The Morgan fingerprint density at radius 1 is 1.44 bits per heavy atom. The van der Waals surface area contributed by atoms with Crippen molar-refractivity contribution in [3.8, 4) is 11.8 Å². The van der Waals surface area contributed by atoms with Gasteiger partial charge >= 0.3 is 0 Å². The lowest BCUT2D eigenvalue weighted by Crippen LogP contribution is -2.08. The molecule has 0 amide bonds. The number of ether oxygens (including phenoxy) is 1. The predicted octanol–water partition coefficient (Wildman–Crippen LogP) is 3.56. The van der Waals surface area contributed by atoms with Gasteiger partial charge in [-0.05, 0) is 47.0 Å². The average molecular weight is 249 g/mol. The van der Waals surface area contributed by atoms with Crippen LogP contribution in [0.15, 0.2) is 12.4 Å². The SMILES string of the molecule is CC(C)n1cc(OCCCCC(C)(C)C#N)cn1. The zero-order chi connectivity index (χ0) is 13.6. The molecule has 0 bridgehead atoms. The molecule has 18 heavy (non-hydrogen) atoms. The molecule has 1 heterocycles. The van der Waals surface area contributed by atoms with E-state index in [1.54, 1.807) is 6.20 Å². The van der Waals surface area contributed by atoms with E-state index >= 15 is 0 Å². The molecule has 0 aliphatic carbocycles. The molecule has 0 saturated carbocycles. The van der Waals surface area contributed by atoms with Gasteiger partial charge in [0.15, 0.2) is 5.75 Å². The second-order valence-electron chi connectivity index (χ2n) is 5.55. The Kier molecular flexibility index (Phi) is 5.21. The van der Waals surface area contributed by atoms with Crippen molar-refractivity contribution >= 4 is 0 Å². The second-order valence-corrected chi connectivity index (χ2v) is 5.55. The molecule has 1 aromatic rings. The molecule has 4 heteroatoms. The minimum absolute atomic E-state index is 0.220. The molecule has 0 aliphatic rings. The molecule has 0 spiro atoms. The maximum atomic E-state index is 8.89. The first-order valence-electron chi connectivity index (χ1n) is 6.53. The van der Waals surface area contributed by atoms with Crippen LogP contribution >= 0.6 is 0 Å². The number of nitriles is 1. The summed E-state index contributed by atoms with van der Waals surface area (Å²) in [6, 6.07) is 2.67. The summed E-state index contributed by atoms with van der Waals surface area (Å²) in [7, 11) is 0. The number of aromatic nitrogens is 2. The number of rotatable bonds is 7. The van der Waals surface area contributed by atoms with Crippen LogP contribution in [0.25, 0.3) is 0 Å². The normalized spacial score (nSPS) is 11.6. The highest BCUT2D eigenvalue weighted by Crippen LogP contribution is 2.21. The third-order valence-electron chi connectivity index (χ3n) is 2.87. The van der Waals surface area contributed by atoms with Gasteiger partial charge in [0.2, 0.25) is 0 Å². The van der Waals surface area contributed by atoms with Gasteiger partial charge in [-0.3, -0.25) is 4.68 Å². The van der Waals surface area contributed by atoms with Crippen molar-refractivity contribution in [1.29, 1.82) is 5.26 Å². The third kappa shape index (κ3) is 4.79. The van der Waals surface area contributed by atoms with Crippen LogP contribution in [0.5, 0.6) is 5.75 Å². The quantitative estimate of drug-likeness (QED) is 0.694. The third-order valence-corrected chi connectivity index (χ3v) is 2.87. The molecule has 0 aromatic carbocycles. The standard InChI is InChI=1S/C14H23N3O/c1-12(2)17-10-13(9-16-17)18-8-6-5-7-14(3,4)11-15/h9-10,12H,5-8H2,1-4H3. The molecule has 0 fully saturated rings. The lowest BCUT2D eigenvalue weighted by Gasteiger charge is -2.14. The second kappa shape index (κ2) is 6.44. The van der Waals surface area contributed by atoms with Gasteiger partial charge in [-0.1, -0.05) is 0 Å². The molecule has 0 N–H and O–H groups in total. The first-order valence-corrected chi connectivity index (χ1v) is 6.53. The minimum Gasteiger partial charge on any atom is -0.490 e. The Labute approximate surface area is 110 Å². The van der Waals surface area contributed by atoms with Gasteiger partial charge in [-0.2, -0.15) is 10.4 Å². The molecule has 1 rings (SSSR count). The molecule has 4 nitrogen and oxygen atoms in total. The molecule has 0 atom stereocenters. The van der Waals surface area contributed by atoms with E-state index in [1.165, 1.54) is 0 Å². The summed E-state index contributed by atoms with van der Waals surface area (Å²) < 4.78 is 7.50. The fourth-order valence-corrected chi connectivity index (χ4v) is 1.59. The zero-order valence-electron chi connectivity index (χ0n) is 11.8. The highest BCUT2D eigenvalue weighted by Gasteiger charge is 2.15. The molecule has 1 aromatic heterocycles. The Bertz CT molecular complexity index is 401. The van der Waals surface area contributed by atoms with Crippen molar-refractivity contribution in [3.63, 3.8) is 0 Å². The van der Waals surface area contributed by atoms with E-state index in [9.17, 15) is 0 Å². The van der Waals surface area contributed by atoms with E-state index in [0.717, 1.165) is 25.0 Å². The van der Waals surface area contributed by atoms with Crippen molar-refractivity contribution in [2.75, 3.05) is 6.61 Å². The molecular weight excluding hydrogens is 226 g/mol. The minimum atomic E-state index is -0.220. The molecule has 0 saturated heterocycles. The van der Waals surface area contributed by atoms with E-state index in [2.05, 4.69) is 25.0 Å². The van der Waals surface area contributed by atoms with Crippen LogP contribution < -0.4 is 4.74 Å². The summed E-state index contributed by atoms with van der Waals surface area (Å²) in [5.74, 6) is 0.822. The van der Waals surface area contributed by atoms with E-state index < -0.39 is 0 Å². The van der Waals surface area contributed by atoms with Gasteiger partial charge < -0.3 is 4.74 Å². The largest absolute Gasteiger partial charge is 0.490 e. The van der Waals surface area contributed by atoms with Crippen LogP contribution in [0, 0.1) is 16.7 Å². The monoisotopic (exact) mass is 249 g/mol. The highest BCUT2D eigenvalue weighted by molar-refractivity contribution is 5.11. The fraction of sp³-hybridized carbons (Fsp3) is 0.714. The summed E-state index contributed by atoms with van der Waals surface area (Å²) in [5, 5.41) is 13.1. The van der Waals surface area contributed by atoms with Crippen molar-refractivity contribution < 1.29 is 4.74 Å². The van der Waals surface area contributed by atoms with Gasteiger partial charge in [0.25, 0.3) is 0 Å². The summed E-state index contributed by atoms with van der Waals surface area (Å²) >= 11 is 0. The summed E-state index contributed by atoms with van der Waals surface area (Å²) in [4.78, 5) is 0. The van der Waals surface area contributed by atoms with Gasteiger partial charge in [0.05, 0.1) is 30.5 Å². The number of nitrogens with zero attached hydrogens (tertiary/aromatic N) is 3. The van der Waals surface area contributed by atoms with Gasteiger partial charge in [0, 0.05) is 6.04 Å². The predicted molar refractivity (Wildman–Crippen MR) is 71.4 cm³/mol. The van der Waals surface area contributed by atoms with Gasteiger partial charge in [-0.25, -0.2) is 0 Å². The number of unbranched alkanes of at least 4 members (excludes halogenated alkanes) is 1. The van der Waals surface area contributed by atoms with Crippen LogP contribution in [-0.4, -0.2) is 16.4 Å². The first-order chi connectivity index (χ1) is 8.44. The van der Waals surface area contributed by atoms with E-state index in [0.29, 0.717) is 12.6 Å². The number of hydrogen-bond donors (Lipinski definition) is 0. The van der Waals surface area contributed by atoms with Crippen LogP contribution in [0.3, 0.4) is 0 Å². The van der Waals surface area contributed by atoms with Gasteiger partial charge in [0.1, 0.15) is 0 Å². The smallest absolute Gasteiger partial charge is 0.157 e. The molecular formula is C14H23N3O. The number of hydrogen-bond acceptors (Lipinski definition) is 3. The van der Waals surface area contributed by atoms with Crippen molar-refractivity contribution in [1.82, 2.24) is 9.78 Å². The summed E-state index contributed by atoms with van der Waals surface area (Å²) in [6.07, 6.45) is 6.57. The van der Waals surface area contributed by atoms with Gasteiger partial charge in [-0.15, -0.1) is 0 Å². The van der Waals surface area contributed by atoms with Crippen molar-refractivity contribution in [2.45, 2.75) is 53.0 Å². The van der Waals surface area contributed by atoms with Crippen LogP contribution in [0.1, 0.15) is 53.0 Å². The zero-order valence-corrected chi connectivity index (χ0v) is 11.8. The molecule has 0 radical (unpaired) electrons.